The number of nitrogens with one attached hydrogen (secondary N) is 5. The van der Waals surface area contributed by atoms with E-state index in [9.17, 15) is 9.18 Å². The van der Waals surface area contributed by atoms with Gasteiger partial charge in [-0.15, -0.1) is 0 Å². The number of nitrogens with zero attached hydrogens (tertiary/aromatic N) is 1. The summed E-state index contributed by atoms with van der Waals surface area (Å²) in [6.45, 7) is 1.61. The van der Waals surface area contributed by atoms with Gasteiger partial charge in [-0.3, -0.25) is 20.7 Å². The number of allylic oxidation sites excluding steroid dienone is 1. The summed E-state index contributed by atoms with van der Waals surface area (Å²) in [5.41, 5.74) is 4.44. The molecular weight excluding hydrogens is 463 g/mol. The van der Waals surface area contributed by atoms with Crippen molar-refractivity contribution in [2.45, 2.75) is 94.1 Å². The van der Waals surface area contributed by atoms with Gasteiger partial charge in [-0.2, -0.15) is 0 Å². The van der Waals surface area contributed by atoms with Crippen LogP contribution in [0.1, 0.15) is 64.2 Å². The average molecular weight is 504 g/mol. The first-order valence-electron chi connectivity index (χ1n) is 13.5. The second kappa shape index (κ2) is 12.1. The van der Waals surface area contributed by atoms with Crippen LogP contribution in [-0.2, 0) is 4.79 Å². The first-order chi connectivity index (χ1) is 17.1. The van der Waals surface area contributed by atoms with E-state index in [1.54, 1.807) is 0 Å². The van der Waals surface area contributed by atoms with Gasteiger partial charge < -0.3 is 10.6 Å². The minimum Gasteiger partial charge on any atom is -0.361 e. The first-order valence-corrected chi connectivity index (χ1v) is 14.4. The van der Waals surface area contributed by atoms with Gasteiger partial charge in [0, 0.05) is 37.7 Å². The van der Waals surface area contributed by atoms with Gasteiger partial charge in [0.25, 0.3) is 5.71 Å². The number of fused-ring (bicyclic) bond motifs is 1. The van der Waals surface area contributed by atoms with Crippen LogP contribution >= 0.6 is 11.8 Å². The summed E-state index contributed by atoms with van der Waals surface area (Å²) < 4.78 is 17.8. The number of thioether (sulfide) groups is 1. The van der Waals surface area contributed by atoms with Gasteiger partial charge in [0.2, 0.25) is 5.91 Å². The van der Waals surface area contributed by atoms with Crippen LogP contribution in [0.4, 0.5) is 4.39 Å². The van der Waals surface area contributed by atoms with Gasteiger partial charge in [-0.05, 0) is 75.1 Å². The molecule has 3 aliphatic carbocycles. The smallest absolute Gasteiger partial charge is 0.327 e. The minimum atomic E-state index is -0.622. The van der Waals surface area contributed by atoms with Crippen molar-refractivity contribution in [1.29, 1.82) is 0 Å². The lowest BCUT2D eigenvalue weighted by Crippen LogP contribution is -2.65. The molecule has 0 radical (unpaired) electrons. The SMILES string of the molecule is O=C(NCCC1CCC(F)CC1)C1C=CCC(NC2NCCC(NC3CCC4=[N+]=CSC4C3)N2)=C1. The topological polar surface area (TPSA) is 91.3 Å². The Labute approximate surface area is 212 Å². The van der Waals surface area contributed by atoms with Crippen LogP contribution < -0.4 is 31.3 Å². The molecule has 5 unspecified atom stereocenters. The average Bonchev–Trinajstić information content (AvgIpc) is 3.34. The Balaban J connectivity index is 1.04. The molecule has 2 saturated carbocycles. The predicted octanol–water partition coefficient (Wildman–Crippen LogP) is 2.06. The summed E-state index contributed by atoms with van der Waals surface area (Å²) >= 11 is 1.86. The number of carbonyl (C=O) groups excluding carboxylic acids is 1. The van der Waals surface area contributed by atoms with E-state index >= 15 is 0 Å². The van der Waals surface area contributed by atoms with Crippen LogP contribution in [0.5, 0.6) is 0 Å². The molecular formula is C26H40FN6OS+. The Morgan fingerprint density at radius 3 is 2.97 bits per heavy atom. The maximum Gasteiger partial charge on any atom is 0.327 e. The van der Waals surface area contributed by atoms with E-state index in [-0.39, 0.29) is 24.3 Å². The second-order valence-corrected chi connectivity index (χ2v) is 11.6. The Bertz CT molecular complexity index is 879. The molecule has 1 amide bonds. The van der Waals surface area contributed by atoms with E-state index in [1.807, 2.05) is 29.5 Å². The summed E-state index contributed by atoms with van der Waals surface area (Å²) in [5, 5.41) is 18.2. The summed E-state index contributed by atoms with van der Waals surface area (Å²) in [6.07, 6.45) is 15.1. The fourth-order valence-electron chi connectivity index (χ4n) is 5.89. The third kappa shape index (κ3) is 6.98. The summed E-state index contributed by atoms with van der Waals surface area (Å²) in [6, 6.07) is 0.520. The van der Waals surface area contributed by atoms with Crippen molar-refractivity contribution >= 4 is 28.9 Å². The molecule has 5 aliphatic rings. The summed E-state index contributed by atoms with van der Waals surface area (Å²) in [5.74, 6) is 0.343. The largest absolute Gasteiger partial charge is 0.361 e. The van der Waals surface area contributed by atoms with Gasteiger partial charge in [-0.25, -0.2) is 4.39 Å². The number of carbonyl (C=O) groups is 1. The molecule has 192 valence electrons. The van der Waals surface area contributed by atoms with Crippen molar-refractivity contribution in [3.8, 4) is 0 Å². The van der Waals surface area contributed by atoms with E-state index in [0.717, 1.165) is 63.6 Å². The zero-order valence-corrected chi connectivity index (χ0v) is 21.3. The first kappa shape index (κ1) is 25.0. The van der Waals surface area contributed by atoms with Crippen molar-refractivity contribution in [1.82, 2.24) is 31.3 Å². The van der Waals surface area contributed by atoms with E-state index in [1.165, 1.54) is 5.71 Å². The lowest BCUT2D eigenvalue weighted by atomic mass is 9.86. The highest BCUT2D eigenvalue weighted by atomic mass is 32.2. The van der Waals surface area contributed by atoms with Crippen LogP contribution in [0.15, 0.2) is 23.9 Å². The lowest BCUT2D eigenvalue weighted by Gasteiger charge is -2.37. The van der Waals surface area contributed by atoms with Gasteiger partial charge in [-0.1, -0.05) is 16.8 Å². The summed E-state index contributed by atoms with van der Waals surface area (Å²) in [7, 11) is 0. The molecule has 0 bridgehead atoms. The van der Waals surface area contributed by atoms with Gasteiger partial charge in [0.05, 0.1) is 12.1 Å². The fraction of sp³-hybridized carbons (Fsp3) is 0.731. The molecule has 2 aliphatic heterocycles. The lowest BCUT2D eigenvalue weighted by molar-refractivity contribution is -0.122. The third-order valence-electron chi connectivity index (χ3n) is 7.97. The molecule has 3 fully saturated rings. The minimum absolute atomic E-state index is 0.0248. The van der Waals surface area contributed by atoms with Crippen LogP contribution in [0.2, 0.25) is 0 Å². The van der Waals surface area contributed by atoms with Crippen molar-refractivity contribution in [3.05, 3.63) is 23.9 Å². The number of halogens is 1. The molecule has 0 aromatic heterocycles. The van der Waals surface area contributed by atoms with Crippen LogP contribution in [0.3, 0.4) is 0 Å². The maximum atomic E-state index is 13.3. The van der Waals surface area contributed by atoms with E-state index < -0.39 is 6.17 Å². The molecule has 5 atom stereocenters. The van der Waals surface area contributed by atoms with E-state index in [4.69, 9.17) is 0 Å². The highest BCUT2D eigenvalue weighted by Gasteiger charge is 2.38. The molecule has 2 heterocycles. The van der Waals surface area contributed by atoms with E-state index in [2.05, 4.69) is 37.3 Å². The Hall–Kier alpha value is -1.64. The molecule has 0 aromatic carbocycles. The standard InChI is InChI=1S/C26H39FN6OS/c27-19-6-4-17(5-7-19)10-12-28-25(34)18-2-1-3-20(14-18)32-26-29-13-11-24(33-26)31-21-8-9-22-23(15-21)35-16-30-22/h1-2,14,16-19,21,23-24,26,29,31-33H,3-13,15H2/p+1. The zero-order valence-electron chi connectivity index (χ0n) is 20.5. The predicted molar refractivity (Wildman–Crippen MR) is 142 cm³/mol. The maximum absolute atomic E-state index is 13.3. The molecule has 0 aromatic rings. The highest BCUT2D eigenvalue weighted by molar-refractivity contribution is 8.13. The third-order valence-corrected chi connectivity index (χ3v) is 8.99. The number of hydrogen-bond donors (Lipinski definition) is 5. The number of rotatable bonds is 8. The summed E-state index contributed by atoms with van der Waals surface area (Å²) in [4.78, 5) is 12.7. The molecule has 7 nitrogen and oxygen atoms in total. The number of hydrogen-bond acceptors (Lipinski definition) is 6. The molecule has 1 saturated heterocycles. The second-order valence-electron chi connectivity index (χ2n) is 10.6. The van der Waals surface area contributed by atoms with Crippen molar-refractivity contribution in [3.63, 3.8) is 0 Å². The highest BCUT2D eigenvalue weighted by Crippen LogP contribution is 2.28. The van der Waals surface area contributed by atoms with Crippen LogP contribution in [-0.4, -0.2) is 60.2 Å². The molecule has 35 heavy (non-hydrogen) atoms. The van der Waals surface area contributed by atoms with Crippen molar-refractivity contribution in [2.75, 3.05) is 13.1 Å². The normalized spacial score (nSPS) is 36.8. The Kier molecular flexibility index (Phi) is 8.63. The van der Waals surface area contributed by atoms with Gasteiger partial charge >= 0.3 is 5.55 Å². The molecule has 0 spiro atoms. The van der Waals surface area contributed by atoms with E-state index in [0.29, 0.717) is 36.6 Å². The number of alkyl halides is 1. The van der Waals surface area contributed by atoms with Crippen LogP contribution in [0, 0.1) is 11.8 Å². The Morgan fingerprint density at radius 1 is 1.20 bits per heavy atom. The Morgan fingerprint density at radius 2 is 2.09 bits per heavy atom. The number of amides is 1. The molecule has 5 N–H and O–H groups in total. The fourth-order valence-corrected chi connectivity index (χ4v) is 6.91. The van der Waals surface area contributed by atoms with Crippen LogP contribution in [0.25, 0.3) is 0 Å². The molecule has 9 heteroatoms. The quantitative estimate of drug-likeness (QED) is 0.257. The van der Waals surface area contributed by atoms with Gasteiger partial charge in [0.15, 0.2) is 0 Å². The monoisotopic (exact) mass is 503 g/mol. The van der Waals surface area contributed by atoms with Gasteiger partial charge in [0.1, 0.15) is 17.7 Å². The molecule has 5 rings (SSSR count). The van der Waals surface area contributed by atoms with Crippen molar-refractivity contribution < 1.29 is 9.18 Å². The zero-order chi connectivity index (χ0) is 24.0. The van der Waals surface area contributed by atoms with Crippen molar-refractivity contribution in [2.24, 2.45) is 11.8 Å².